The summed E-state index contributed by atoms with van der Waals surface area (Å²) in [5, 5.41) is 1.11. The molecule has 3 nitrogen and oxygen atoms in total. The van der Waals surface area contributed by atoms with E-state index >= 15 is 0 Å². The number of carbonyl (C=O) groups excluding carboxylic acids is 1. The number of nitrogens with one attached hydrogen (secondary N) is 1. The molecule has 1 aliphatic rings. The number of aromatic amines is 1. The number of H-pyrrole nitrogens is 1. The van der Waals surface area contributed by atoms with Crippen LogP contribution >= 0.6 is 0 Å². The van der Waals surface area contributed by atoms with Crippen molar-refractivity contribution < 1.29 is 4.79 Å². The number of nitrogens with zero attached hydrogens (tertiary/aromatic N) is 1. The molecule has 3 heteroatoms. The SMILES string of the molecule is Cc1ccc2cc(C(=O)N3CCC[C@H](C)CC3)[nH]c2c1. The number of hydrogen-bond acceptors (Lipinski definition) is 1. The highest BCUT2D eigenvalue weighted by atomic mass is 16.2. The lowest BCUT2D eigenvalue weighted by atomic mass is 10.0. The number of aromatic nitrogens is 1. The molecule has 0 bridgehead atoms. The molecule has 1 saturated heterocycles. The quantitative estimate of drug-likeness (QED) is 0.842. The Morgan fingerprint density at radius 3 is 2.95 bits per heavy atom. The van der Waals surface area contributed by atoms with Gasteiger partial charge in [0.1, 0.15) is 5.69 Å². The van der Waals surface area contributed by atoms with Crippen molar-refractivity contribution in [1.29, 1.82) is 0 Å². The number of fused-ring (bicyclic) bond motifs is 1. The Hall–Kier alpha value is -1.77. The average Bonchev–Trinajstić information content (AvgIpc) is 2.72. The molecule has 0 saturated carbocycles. The van der Waals surface area contributed by atoms with Crippen molar-refractivity contribution in [2.24, 2.45) is 5.92 Å². The summed E-state index contributed by atoms with van der Waals surface area (Å²) >= 11 is 0. The lowest BCUT2D eigenvalue weighted by Crippen LogP contribution is -2.32. The number of amides is 1. The molecule has 1 aromatic heterocycles. The maximum atomic E-state index is 12.6. The van der Waals surface area contributed by atoms with Crippen molar-refractivity contribution in [2.45, 2.75) is 33.1 Å². The van der Waals surface area contributed by atoms with E-state index in [1.54, 1.807) is 0 Å². The molecule has 20 heavy (non-hydrogen) atoms. The van der Waals surface area contributed by atoms with Crippen LogP contribution in [0, 0.1) is 12.8 Å². The third kappa shape index (κ3) is 2.58. The second-order valence-electron chi connectivity index (χ2n) is 6.10. The van der Waals surface area contributed by atoms with E-state index in [-0.39, 0.29) is 5.91 Å². The Kier molecular flexibility index (Phi) is 3.51. The standard InChI is InChI=1S/C17H22N2O/c1-12-4-3-8-19(9-7-12)17(20)16-11-14-6-5-13(2)10-15(14)18-16/h5-6,10-12,18H,3-4,7-9H2,1-2H3/t12-/m0/s1. The molecular weight excluding hydrogens is 248 g/mol. The van der Waals surface area contributed by atoms with Crippen LogP contribution in [-0.4, -0.2) is 28.9 Å². The maximum Gasteiger partial charge on any atom is 0.270 e. The minimum Gasteiger partial charge on any atom is -0.351 e. The summed E-state index contributed by atoms with van der Waals surface area (Å²) in [6.45, 7) is 6.11. The van der Waals surface area contributed by atoms with Gasteiger partial charge < -0.3 is 9.88 Å². The predicted octanol–water partition coefficient (Wildman–Crippen LogP) is 3.74. The Labute approximate surface area is 120 Å². The molecule has 1 aliphatic heterocycles. The average molecular weight is 270 g/mol. The highest BCUT2D eigenvalue weighted by molar-refractivity contribution is 5.98. The molecule has 0 radical (unpaired) electrons. The molecule has 1 fully saturated rings. The Morgan fingerprint density at radius 2 is 2.10 bits per heavy atom. The van der Waals surface area contributed by atoms with Crippen molar-refractivity contribution in [3.05, 3.63) is 35.5 Å². The van der Waals surface area contributed by atoms with Crippen LogP contribution in [0.25, 0.3) is 10.9 Å². The second-order valence-corrected chi connectivity index (χ2v) is 6.10. The third-order valence-electron chi connectivity index (χ3n) is 4.31. The van der Waals surface area contributed by atoms with Crippen molar-refractivity contribution in [2.75, 3.05) is 13.1 Å². The third-order valence-corrected chi connectivity index (χ3v) is 4.31. The molecular formula is C17H22N2O. The molecule has 2 heterocycles. The van der Waals surface area contributed by atoms with Gasteiger partial charge >= 0.3 is 0 Å². The van der Waals surface area contributed by atoms with Crippen LogP contribution < -0.4 is 0 Å². The van der Waals surface area contributed by atoms with Gasteiger partial charge in [0.15, 0.2) is 0 Å². The summed E-state index contributed by atoms with van der Waals surface area (Å²) in [6, 6.07) is 8.22. The molecule has 2 aromatic rings. The van der Waals surface area contributed by atoms with Crippen LogP contribution in [0.1, 0.15) is 42.2 Å². The molecule has 1 N–H and O–H groups in total. The van der Waals surface area contributed by atoms with Crippen LogP contribution in [0.15, 0.2) is 24.3 Å². The van der Waals surface area contributed by atoms with Crippen molar-refractivity contribution in [3.8, 4) is 0 Å². The summed E-state index contributed by atoms with van der Waals surface area (Å²) in [6.07, 6.45) is 3.47. The van der Waals surface area contributed by atoms with Crippen LogP contribution in [-0.2, 0) is 0 Å². The zero-order valence-electron chi connectivity index (χ0n) is 12.3. The summed E-state index contributed by atoms with van der Waals surface area (Å²) in [4.78, 5) is 17.9. The number of rotatable bonds is 1. The first-order valence-corrected chi connectivity index (χ1v) is 7.52. The molecule has 106 valence electrons. The second kappa shape index (κ2) is 5.31. The fourth-order valence-corrected chi connectivity index (χ4v) is 2.99. The fraction of sp³-hybridized carbons (Fsp3) is 0.471. The Balaban J connectivity index is 1.84. The summed E-state index contributed by atoms with van der Waals surface area (Å²) < 4.78 is 0. The van der Waals surface area contributed by atoms with Gasteiger partial charge in [0.2, 0.25) is 0 Å². The first kappa shape index (κ1) is 13.2. The zero-order chi connectivity index (χ0) is 14.1. The van der Waals surface area contributed by atoms with E-state index in [0.29, 0.717) is 0 Å². The van der Waals surface area contributed by atoms with Gasteiger partial charge in [-0.05, 0) is 49.8 Å². The highest BCUT2D eigenvalue weighted by Gasteiger charge is 2.21. The van der Waals surface area contributed by atoms with E-state index in [4.69, 9.17) is 0 Å². The van der Waals surface area contributed by atoms with Crippen molar-refractivity contribution >= 4 is 16.8 Å². The minimum absolute atomic E-state index is 0.146. The normalized spacial score (nSPS) is 20.1. The number of carbonyl (C=O) groups is 1. The Bertz CT molecular complexity index is 629. The summed E-state index contributed by atoms with van der Waals surface area (Å²) in [5.74, 6) is 0.881. The Morgan fingerprint density at radius 1 is 1.25 bits per heavy atom. The van der Waals surface area contributed by atoms with Gasteiger partial charge in [0.05, 0.1) is 0 Å². The van der Waals surface area contributed by atoms with Gasteiger partial charge in [-0.2, -0.15) is 0 Å². The van der Waals surface area contributed by atoms with Crippen LogP contribution in [0.2, 0.25) is 0 Å². The van der Waals surface area contributed by atoms with Gasteiger partial charge in [0, 0.05) is 24.0 Å². The van der Waals surface area contributed by atoms with Crippen LogP contribution in [0.5, 0.6) is 0 Å². The zero-order valence-corrected chi connectivity index (χ0v) is 12.3. The molecule has 0 unspecified atom stereocenters. The van der Waals surface area contributed by atoms with Gasteiger partial charge in [0.25, 0.3) is 5.91 Å². The molecule has 1 aromatic carbocycles. The van der Waals surface area contributed by atoms with Crippen molar-refractivity contribution in [3.63, 3.8) is 0 Å². The van der Waals surface area contributed by atoms with Crippen LogP contribution in [0.3, 0.4) is 0 Å². The summed E-state index contributed by atoms with van der Waals surface area (Å²) in [5.41, 5.74) is 2.98. The van der Waals surface area contributed by atoms with E-state index in [2.05, 4.69) is 37.0 Å². The molecule has 0 aliphatic carbocycles. The molecule has 1 atom stereocenters. The lowest BCUT2D eigenvalue weighted by molar-refractivity contribution is 0.0755. The number of aryl methyl sites for hydroxylation is 1. The van der Waals surface area contributed by atoms with E-state index in [1.807, 2.05) is 11.0 Å². The predicted molar refractivity (Wildman–Crippen MR) is 82.0 cm³/mol. The smallest absolute Gasteiger partial charge is 0.270 e. The largest absolute Gasteiger partial charge is 0.351 e. The first-order chi connectivity index (χ1) is 9.63. The number of benzene rings is 1. The van der Waals surface area contributed by atoms with Crippen molar-refractivity contribution in [1.82, 2.24) is 9.88 Å². The molecule has 0 spiro atoms. The van der Waals surface area contributed by atoms with E-state index in [0.717, 1.165) is 48.4 Å². The molecule has 1 amide bonds. The molecule has 3 rings (SSSR count). The maximum absolute atomic E-state index is 12.6. The van der Waals surface area contributed by atoms with Crippen LogP contribution in [0.4, 0.5) is 0 Å². The van der Waals surface area contributed by atoms with E-state index in [1.165, 1.54) is 12.0 Å². The van der Waals surface area contributed by atoms with Gasteiger partial charge in [-0.25, -0.2) is 0 Å². The topological polar surface area (TPSA) is 36.1 Å². The fourth-order valence-electron chi connectivity index (χ4n) is 2.99. The van der Waals surface area contributed by atoms with Gasteiger partial charge in [-0.3, -0.25) is 4.79 Å². The van der Waals surface area contributed by atoms with E-state index < -0.39 is 0 Å². The van der Waals surface area contributed by atoms with Gasteiger partial charge in [-0.1, -0.05) is 19.1 Å². The first-order valence-electron chi connectivity index (χ1n) is 7.52. The minimum atomic E-state index is 0.146. The monoisotopic (exact) mass is 270 g/mol. The highest BCUT2D eigenvalue weighted by Crippen LogP contribution is 2.21. The lowest BCUT2D eigenvalue weighted by Gasteiger charge is -2.19. The summed E-state index contributed by atoms with van der Waals surface area (Å²) in [7, 11) is 0. The van der Waals surface area contributed by atoms with E-state index in [9.17, 15) is 4.79 Å². The number of hydrogen-bond donors (Lipinski definition) is 1. The number of likely N-dealkylation sites (tertiary alicyclic amines) is 1. The van der Waals surface area contributed by atoms with Gasteiger partial charge in [-0.15, -0.1) is 0 Å².